The third-order valence-corrected chi connectivity index (χ3v) is 2.32. The molecule has 0 saturated heterocycles. The molecule has 0 spiro atoms. The zero-order valence-electron chi connectivity index (χ0n) is 8.83. The lowest BCUT2D eigenvalue weighted by molar-refractivity contribution is 1.21. The van der Waals surface area contributed by atoms with Crippen LogP contribution >= 0.6 is 0 Å². The maximum atomic E-state index is 3.28. The molecule has 0 bridgehead atoms. The molecule has 0 atom stereocenters. The van der Waals surface area contributed by atoms with Gasteiger partial charge in [0.1, 0.15) is 0 Å². The number of anilines is 1. The number of rotatable bonds is 3. The van der Waals surface area contributed by atoms with E-state index in [-0.39, 0.29) is 0 Å². The van der Waals surface area contributed by atoms with Gasteiger partial charge in [0.15, 0.2) is 0 Å². The fourth-order valence-corrected chi connectivity index (χ4v) is 1.56. The predicted octanol–water partition coefficient (Wildman–Crippen LogP) is 3.59. The van der Waals surface area contributed by atoms with Crippen molar-refractivity contribution >= 4 is 5.69 Å². The normalized spacial score (nSPS) is 9.93. The molecule has 2 aromatic rings. The third-order valence-electron chi connectivity index (χ3n) is 2.32. The average molecular weight is 196 g/mol. The number of hydrogen-bond acceptors (Lipinski definition) is 1. The van der Waals surface area contributed by atoms with Crippen molar-refractivity contribution in [1.29, 1.82) is 0 Å². The van der Waals surface area contributed by atoms with Gasteiger partial charge in [0.05, 0.1) is 0 Å². The zero-order chi connectivity index (χ0) is 10.5. The van der Waals surface area contributed by atoms with Gasteiger partial charge in [-0.1, -0.05) is 36.4 Å². The average Bonchev–Trinajstić information content (AvgIpc) is 2.32. The summed E-state index contributed by atoms with van der Waals surface area (Å²) in [5.41, 5.74) is 3.64. The van der Waals surface area contributed by atoms with Crippen LogP contribution in [0.15, 0.2) is 48.5 Å². The van der Waals surface area contributed by atoms with E-state index >= 15 is 0 Å². The number of benzene rings is 2. The highest BCUT2D eigenvalue weighted by Crippen LogP contribution is 2.20. The van der Waals surface area contributed by atoms with Gasteiger partial charge in [-0.3, -0.25) is 0 Å². The van der Waals surface area contributed by atoms with Gasteiger partial charge in [-0.05, 0) is 36.2 Å². The van der Waals surface area contributed by atoms with Crippen molar-refractivity contribution < 1.29 is 0 Å². The molecule has 2 aromatic carbocycles. The van der Waals surface area contributed by atoms with Crippen LogP contribution in [0, 0.1) is 6.07 Å². The Labute approximate surface area is 90.8 Å². The zero-order valence-corrected chi connectivity index (χ0v) is 8.83. The first kappa shape index (κ1) is 9.78. The molecule has 0 saturated carbocycles. The molecule has 15 heavy (non-hydrogen) atoms. The van der Waals surface area contributed by atoms with E-state index in [2.05, 4.69) is 54.7 Å². The van der Waals surface area contributed by atoms with Crippen LogP contribution in [-0.2, 0) is 0 Å². The summed E-state index contributed by atoms with van der Waals surface area (Å²) < 4.78 is 0. The molecular weight excluding hydrogens is 182 g/mol. The van der Waals surface area contributed by atoms with Crippen LogP contribution in [0.25, 0.3) is 11.1 Å². The molecule has 0 aromatic heterocycles. The molecule has 0 aliphatic rings. The molecule has 75 valence electrons. The Morgan fingerprint density at radius 3 is 2.13 bits per heavy atom. The lowest BCUT2D eigenvalue weighted by Crippen LogP contribution is -1.95. The van der Waals surface area contributed by atoms with Gasteiger partial charge in [0.2, 0.25) is 0 Å². The van der Waals surface area contributed by atoms with E-state index in [1.807, 2.05) is 12.1 Å². The summed E-state index contributed by atoms with van der Waals surface area (Å²) in [6.07, 6.45) is 0. The van der Waals surface area contributed by atoms with Crippen LogP contribution in [0.1, 0.15) is 6.92 Å². The van der Waals surface area contributed by atoms with Gasteiger partial charge in [0, 0.05) is 12.2 Å². The maximum Gasteiger partial charge on any atom is 0.0340 e. The molecule has 0 aliphatic carbocycles. The first-order chi connectivity index (χ1) is 7.40. The Kier molecular flexibility index (Phi) is 3.03. The molecule has 1 heteroatoms. The quantitative estimate of drug-likeness (QED) is 0.791. The molecule has 0 unspecified atom stereocenters. The van der Waals surface area contributed by atoms with Crippen LogP contribution in [0.2, 0.25) is 0 Å². The lowest BCUT2D eigenvalue weighted by atomic mass is 10.1. The summed E-state index contributed by atoms with van der Waals surface area (Å²) in [6.45, 7) is 3.06. The molecule has 1 radical (unpaired) electrons. The van der Waals surface area contributed by atoms with Crippen molar-refractivity contribution in [2.75, 3.05) is 11.9 Å². The van der Waals surface area contributed by atoms with Crippen molar-refractivity contribution in [3.8, 4) is 11.1 Å². The Morgan fingerprint density at radius 1 is 0.933 bits per heavy atom. The van der Waals surface area contributed by atoms with Crippen molar-refractivity contribution in [3.63, 3.8) is 0 Å². The SMILES string of the molecule is CCNc1ccc(-c2cc[c]cc2)cc1. The molecule has 1 N–H and O–H groups in total. The molecule has 0 amide bonds. The Morgan fingerprint density at radius 2 is 1.53 bits per heavy atom. The highest BCUT2D eigenvalue weighted by atomic mass is 14.8. The molecule has 1 nitrogen and oxygen atoms in total. The maximum absolute atomic E-state index is 3.28. The van der Waals surface area contributed by atoms with Gasteiger partial charge in [-0.15, -0.1) is 0 Å². The molecule has 0 heterocycles. The standard InChI is InChI=1S/C14H14N/c1-2-15-14-10-8-13(9-11-14)12-6-4-3-5-7-12/h4-11,15H,2H2,1H3. The van der Waals surface area contributed by atoms with Crippen LogP contribution in [0.5, 0.6) is 0 Å². The molecule has 0 fully saturated rings. The number of nitrogens with one attached hydrogen (secondary N) is 1. The summed E-state index contributed by atoms with van der Waals surface area (Å²) in [7, 11) is 0. The first-order valence-corrected chi connectivity index (χ1v) is 5.20. The Bertz CT molecular complexity index is 403. The van der Waals surface area contributed by atoms with Crippen LogP contribution < -0.4 is 5.32 Å². The van der Waals surface area contributed by atoms with E-state index in [1.165, 1.54) is 16.8 Å². The summed E-state index contributed by atoms with van der Waals surface area (Å²) in [6, 6.07) is 19.5. The highest BCUT2D eigenvalue weighted by molar-refractivity contribution is 5.65. The van der Waals surface area contributed by atoms with Crippen LogP contribution in [0.3, 0.4) is 0 Å². The second kappa shape index (κ2) is 4.65. The van der Waals surface area contributed by atoms with Gasteiger partial charge in [-0.2, -0.15) is 0 Å². The molecule has 0 aliphatic heterocycles. The van der Waals surface area contributed by atoms with Crippen molar-refractivity contribution in [2.24, 2.45) is 0 Å². The topological polar surface area (TPSA) is 12.0 Å². The van der Waals surface area contributed by atoms with Crippen molar-refractivity contribution in [2.45, 2.75) is 6.92 Å². The van der Waals surface area contributed by atoms with Gasteiger partial charge >= 0.3 is 0 Å². The summed E-state index contributed by atoms with van der Waals surface area (Å²) >= 11 is 0. The van der Waals surface area contributed by atoms with Crippen molar-refractivity contribution in [3.05, 3.63) is 54.6 Å². The van der Waals surface area contributed by atoms with E-state index in [0.717, 1.165) is 6.54 Å². The smallest absolute Gasteiger partial charge is 0.0340 e. The van der Waals surface area contributed by atoms with Crippen molar-refractivity contribution in [1.82, 2.24) is 0 Å². The second-order valence-corrected chi connectivity index (χ2v) is 3.40. The van der Waals surface area contributed by atoms with Gasteiger partial charge in [0.25, 0.3) is 0 Å². The largest absolute Gasteiger partial charge is 0.385 e. The third kappa shape index (κ3) is 2.38. The lowest BCUT2D eigenvalue weighted by Gasteiger charge is -2.05. The van der Waals surface area contributed by atoms with E-state index in [4.69, 9.17) is 0 Å². The van der Waals surface area contributed by atoms with Gasteiger partial charge < -0.3 is 5.32 Å². The number of hydrogen-bond donors (Lipinski definition) is 1. The monoisotopic (exact) mass is 196 g/mol. The van der Waals surface area contributed by atoms with E-state index in [9.17, 15) is 0 Å². The minimum Gasteiger partial charge on any atom is -0.385 e. The summed E-state index contributed by atoms with van der Waals surface area (Å²) in [5.74, 6) is 0. The van der Waals surface area contributed by atoms with E-state index in [0.29, 0.717) is 0 Å². The fourth-order valence-electron chi connectivity index (χ4n) is 1.56. The summed E-state index contributed by atoms with van der Waals surface area (Å²) in [5, 5.41) is 3.28. The minimum absolute atomic E-state index is 0.958. The van der Waals surface area contributed by atoms with E-state index < -0.39 is 0 Å². The first-order valence-electron chi connectivity index (χ1n) is 5.20. The van der Waals surface area contributed by atoms with E-state index in [1.54, 1.807) is 0 Å². The Balaban J connectivity index is 2.24. The Hall–Kier alpha value is -1.76. The molecular formula is C14H14N. The highest BCUT2D eigenvalue weighted by Gasteiger charge is 1.95. The predicted molar refractivity (Wildman–Crippen MR) is 64.9 cm³/mol. The fraction of sp³-hybridized carbons (Fsp3) is 0.143. The van der Waals surface area contributed by atoms with Crippen LogP contribution in [0.4, 0.5) is 5.69 Å². The second-order valence-electron chi connectivity index (χ2n) is 3.40. The van der Waals surface area contributed by atoms with Crippen LogP contribution in [-0.4, -0.2) is 6.54 Å². The van der Waals surface area contributed by atoms with Gasteiger partial charge in [-0.25, -0.2) is 0 Å². The minimum atomic E-state index is 0.958. The summed E-state index contributed by atoms with van der Waals surface area (Å²) in [4.78, 5) is 0. The molecule has 2 rings (SSSR count).